The highest BCUT2D eigenvalue weighted by Gasteiger charge is 2.22. The molecule has 1 aliphatic heterocycles. The second kappa shape index (κ2) is 7.49. The molecule has 2 N–H and O–H groups in total. The lowest BCUT2D eigenvalue weighted by molar-refractivity contribution is 0.0104. The molecule has 1 aliphatic rings. The molecule has 0 bridgehead atoms. The molecule has 126 valence electrons. The molecule has 3 rings (SSSR count). The van der Waals surface area contributed by atoms with Crippen molar-refractivity contribution in [3.8, 4) is 0 Å². The van der Waals surface area contributed by atoms with Crippen LogP contribution in [0.25, 0.3) is 0 Å². The van der Waals surface area contributed by atoms with Crippen LogP contribution in [0.3, 0.4) is 0 Å². The van der Waals surface area contributed by atoms with Gasteiger partial charge in [-0.25, -0.2) is 4.79 Å². The van der Waals surface area contributed by atoms with Gasteiger partial charge >= 0.3 is 5.97 Å². The second-order valence-electron chi connectivity index (χ2n) is 6.49. The Morgan fingerprint density at radius 3 is 2.54 bits per heavy atom. The van der Waals surface area contributed by atoms with Gasteiger partial charge in [0.1, 0.15) is 6.10 Å². The van der Waals surface area contributed by atoms with Crippen LogP contribution in [-0.2, 0) is 11.3 Å². The summed E-state index contributed by atoms with van der Waals surface area (Å²) in [4.78, 5) is 14.6. The van der Waals surface area contributed by atoms with Crippen molar-refractivity contribution < 1.29 is 9.53 Å². The van der Waals surface area contributed by atoms with Crippen molar-refractivity contribution in [3.63, 3.8) is 0 Å². The quantitative estimate of drug-likeness (QED) is 0.692. The number of benzene rings is 2. The molecule has 0 aromatic heterocycles. The summed E-state index contributed by atoms with van der Waals surface area (Å²) in [5.74, 6) is -0.218. The molecule has 0 saturated carbocycles. The third-order valence-electron chi connectivity index (χ3n) is 4.45. The predicted octanol–water partition coefficient (Wildman–Crippen LogP) is 3.40. The van der Waals surface area contributed by atoms with E-state index in [0.717, 1.165) is 43.7 Å². The molecule has 0 atom stereocenters. The van der Waals surface area contributed by atoms with Crippen LogP contribution in [0.5, 0.6) is 0 Å². The number of esters is 1. The first-order valence-corrected chi connectivity index (χ1v) is 8.44. The van der Waals surface area contributed by atoms with Gasteiger partial charge in [0.15, 0.2) is 0 Å². The number of ether oxygens (including phenoxy) is 1. The summed E-state index contributed by atoms with van der Waals surface area (Å²) in [7, 11) is 0. The van der Waals surface area contributed by atoms with Gasteiger partial charge in [0.05, 0.1) is 5.56 Å². The molecule has 1 fully saturated rings. The minimum atomic E-state index is -0.218. The highest BCUT2D eigenvalue weighted by atomic mass is 16.5. The fraction of sp³-hybridized carbons (Fsp3) is 0.350. The van der Waals surface area contributed by atoms with Gasteiger partial charge in [-0.05, 0) is 49.6 Å². The molecule has 0 radical (unpaired) electrons. The molecule has 1 heterocycles. The van der Waals surface area contributed by atoms with Gasteiger partial charge in [-0.15, -0.1) is 0 Å². The van der Waals surface area contributed by atoms with Gasteiger partial charge in [-0.3, -0.25) is 4.90 Å². The summed E-state index contributed by atoms with van der Waals surface area (Å²) < 4.78 is 5.65. The van der Waals surface area contributed by atoms with Crippen molar-refractivity contribution in [1.29, 1.82) is 0 Å². The maximum Gasteiger partial charge on any atom is 0.338 e. The molecule has 24 heavy (non-hydrogen) atoms. The first-order chi connectivity index (χ1) is 11.6. The van der Waals surface area contributed by atoms with E-state index in [1.165, 1.54) is 5.56 Å². The van der Waals surface area contributed by atoms with Gasteiger partial charge in [0, 0.05) is 25.3 Å². The number of nitrogens with two attached hydrogens (primary N) is 1. The summed E-state index contributed by atoms with van der Waals surface area (Å²) >= 11 is 0. The van der Waals surface area contributed by atoms with Crippen LogP contribution in [0.4, 0.5) is 5.69 Å². The highest BCUT2D eigenvalue weighted by Crippen LogP contribution is 2.18. The smallest absolute Gasteiger partial charge is 0.338 e. The summed E-state index contributed by atoms with van der Waals surface area (Å²) in [5, 5.41) is 0. The molecule has 2 aromatic rings. The Bertz CT molecular complexity index is 689. The molecule has 2 aromatic carbocycles. The number of piperidine rings is 1. The van der Waals surface area contributed by atoms with Crippen molar-refractivity contribution in [2.24, 2.45) is 0 Å². The number of carbonyl (C=O) groups excluding carboxylic acids is 1. The minimum Gasteiger partial charge on any atom is -0.459 e. The maximum absolute atomic E-state index is 12.2. The second-order valence-corrected chi connectivity index (χ2v) is 6.49. The zero-order chi connectivity index (χ0) is 16.9. The van der Waals surface area contributed by atoms with Crippen LogP contribution >= 0.6 is 0 Å². The first kappa shape index (κ1) is 16.5. The molecule has 1 saturated heterocycles. The predicted molar refractivity (Wildman–Crippen MR) is 95.7 cm³/mol. The third kappa shape index (κ3) is 4.36. The number of nitrogens with zero attached hydrogens (tertiary/aromatic N) is 1. The Hall–Kier alpha value is -2.33. The Morgan fingerprint density at radius 1 is 1.17 bits per heavy atom. The van der Waals surface area contributed by atoms with E-state index in [2.05, 4.69) is 11.0 Å². The van der Waals surface area contributed by atoms with Crippen LogP contribution in [0.15, 0.2) is 48.5 Å². The molecular formula is C20H24N2O2. The molecular weight excluding hydrogens is 300 g/mol. The highest BCUT2D eigenvalue weighted by molar-refractivity contribution is 5.89. The summed E-state index contributed by atoms with van der Waals surface area (Å²) in [6.45, 7) is 4.76. The maximum atomic E-state index is 12.2. The molecule has 0 unspecified atom stereocenters. The number of likely N-dealkylation sites (tertiary alicyclic amines) is 1. The van der Waals surface area contributed by atoms with Crippen LogP contribution in [0.2, 0.25) is 0 Å². The van der Waals surface area contributed by atoms with Crippen molar-refractivity contribution in [2.45, 2.75) is 32.4 Å². The Labute approximate surface area is 143 Å². The summed E-state index contributed by atoms with van der Waals surface area (Å²) in [6, 6.07) is 15.5. The number of anilines is 1. The van der Waals surface area contributed by atoms with E-state index < -0.39 is 0 Å². The lowest BCUT2D eigenvalue weighted by atomic mass is 10.1. The zero-order valence-electron chi connectivity index (χ0n) is 14.1. The minimum absolute atomic E-state index is 0.0101. The van der Waals surface area contributed by atoms with E-state index >= 15 is 0 Å². The van der Waals surface area contributed by atoms with E-state index in [0.29, 0.717) is 5.56 Å². The van der Waals surface area contributed by atoms with Gasteiger partial charge in [-0.1, -0.05) is 29.8 Å². The monoisotopic (exact) mass is 324 g/mol. The van der Waals surface area contributed by atoms with Crippen molar-refractivity contribution >= 4 is 11.7 Å². The summed E-state index contributed by atoms with van der Waals surface area (Å²) in [6.07, 6.45) is 1.76. The molecule has 0 spiro atoms. The molecule has 4 nitrogen and oxygen atoms in total. The number of aryl methyl sites for hydroxylation is 1. The van der Waals surface area contributed by atoms with Gasteiger partial charge in [0.2, 0.25) is 0 Å². The molecule has 4 heteroatoms. The van der Waals surface area contributed by atoms with E-state index in [4.69, 9.17) is 10.5 Å². The summed E-state index contributed by atoms with van der Waals surface area (Å²) in [5.41, 5.74) is 9.62. The van der Waals surface area contributed by atoms with Gasteiger partial charge in [-0.2, -0.15) is 0 Å². The fourth-order valence-electron chi connectivity index (χ4n) is 3.04. The largest absolute Gasteiger partial charge is 0.459 e. The van der Waals surface area contributed by atoms with Gasteiger partial charge < -0.3 is 10.5 Å². The van der Waals surface area contributed by atoms with Gasteiger partial charge in [0.25, 0.3) is 0 Å². The lowest BCUT2D eigenvalue weighted by Crippen LogP contribution is -2.37. The number of carbonyl (C=O) groups is 1. The normalized spacial score (nSPS) is 16.0. The Morgan fingerprint density at radius 2 is 1.88 bits per heavy atom. The Balaban J connectivity index is 1.48. The number of nitrogen functional groups attached to an aromatic ring is 1. The van der Waals surface area contributed by atoms with E-state index in [-0.39, 0.29) is 12.1 Å². The van der Waals surface area contributed by atoms with Crippen molar-refractivity contribution in [2.75, 3.05) is 18.8 Å². The average molecular weight is 324 g/mol. The lowest BCUT2D eigenvalue weighted by Gasteiger charge is -2.31. The van der Waals surface area contributed by atoms with Crippen molar-refractivity contribution in [3.05, 3.63) is 65.2 Å². The average Bonchev–Trinajstić information content (AvgIpc) is 2.57. The zero-order valence-corrected chi connectivity index (χ0v) is 14.1. The standard InChI is InChI=1S/C20H24N2O2/c1-15-5-7-17(8-6-15)20(23)24-19-9-11-22(12-10-19)14-16-3-2-4-18(21)13-16/h2-8,13,19H,9-12,14,21H2,1H3. The fourth-order valence-corrected chi connectivity index (χ4v) is 3.04. The number of hydrogen-bond donors (Lipinski definition) is 1. The SMILES string of the molecule is Cc1ccc(C(=O)OC2CCN(Cc3cccc(N)c3)CC2)cc1. The van der Waals surface area contributed by atoms with Crippen LogP contribution in [0.1, 0.15) is 34.3 Å². The van der Waals surface area contributed by atoms with E-state index in [9.17, 15) is 4.79 Å². The van der Waals surface area contributed by atoms with Crippen LogP contribution < -0.4 is 5.73 Å². The number of hydrogen-bond acceptors (Lipinski definition) is 4. The number of rotatable bonds is 4. The molecule has 0 amide bonds. The first-order valence-electron chi connectivity index (χ1n) is 8.44. The van der Waals surface area contributed by atoms with E-state index in [1.807, 2.05) is 49.4 Å². The molecule has 0 aliphatic carbocycles. The topological polar surface area (TPSA) is 55.6 Å². The van der Waals surface area contributed by atoms with E-state index in [1.54, 1.807) is 0 Å². The Kier molecular flexibility index (Phi) is 5.16. The van der Waals surface area contributed by atoms with Crippen LogP contribution in [0, 0.1) is 6.92 Å². The third-order valence-corrected chi connectivity index (χ3v) is 4.45. The van der Waals surface area contributed by atoms with Crippen LogP contribution in [-0.4, -0.2) is 30.1 Å². The van der Waals surface area contributed by atoms with Crippen molar-refractivity contribution in [1.82, 2.24) is 4.90 Å².